The number of nitrogens with zero attached hydrogens (tertiary/aromatic N) is 2. The van der Waals surface area contributed by atoms with Crippen molar-refractivity contribution in [2.24, 2.45) is 0 Å². The molecule has 0 saturated carbocycles. The number of rotatable bonds is 7. The Morgan fingerprint density at radius 1 is 1.07 bits per heavy atom. The Morgan fingerprint density at radius 3 is 2.40 bits per heavy atom. The van der Waals surface area contributed by atoms with Gasteiger partial charge in [-0.2, -0.15) is 0 Å². The third kappa shape index (κ3) is 5.80. The van der Waals surface area contributed by atoms with Gasteiger partial charge in [-0.3, -0.25) is 0 Å². The molecule has 3 nitrogen and oxygen atoms in total. The number of halogens is 2. The fraction of sp³-hybridized carbons (Fsp3) is 0.600. The topological polar surface area (TPSA) is 37.8 Å². The average Bonchev–Trinajstić information content (AvgIpc) is 2.26. The second kappa shape index (κ2) is 7.71. The van der Waals surface area contributed by atoms with E-state index >= 15 is 0 Å². The first-order valence-electron chi connectivity index (χ1n) is 5.10. The van der Waals surface area contributed by atoms with E-state index in [1.807, 2.05) is 0 Å². The molecule has 1 heterocycles. The largest absolute Gasteiger partial charge is 0.354 e. The highest BCUT2D eigenvalue weighted by molar-refractivity contribution is 6.30. The van der Waals surface area contributed by atoms with Crippen LogP contribution in [0, 0.1) is 0 Å². The van der Waals surface area contributed by atoms with Gasteiger partial charge in [0.05, 0.1) is 17.4 Å². The van der Waals surface area contributed by atoms with Crippen molar-refractivity contribution in [3.8, 4) is 0 Å². The van der Waals surface area contributed by atoms with E-state index in [0.717, 1.165) is 25.3 Å². The number of anilines is 1. The zero-order valence-corrected chi connectivity index (χ0v) is 10.1. The molecule has 0 bridgehead atoms. The first-order chi connectivity index (χ1) is 7.33. The van der Waals surface area contributed by atoms with Crippen LogP contribution < -0.4 is 5.32 Å². The molecule has 0 spiro atoms. The highest BCUT2D eigenvalue weighted by Gasteiger charge is 1.94. The van der Waals surface area contributed by atoms with Crippen LogP contribution in [0.1, 0.15) is 25.7 Å². The minimum absolute atomic E-state index is 0.558. The Labute approximate surface area is 100 Å². The molecule has 0 aromatic carbocycles. The van der Waals surface area contributed by atoms with Crippen molar-refractivity contribution in [2.75, 3.05) is 17.7 Å². The number of unbranched alkanes of at least 4 members (excludes halogenated alkanes) is 3. The predicted octanol–water partition coefficient (Wildman–Crippen LogP) is 3.34. The molecule has 0 aliphatic carbocycles. The van der Waals surface area contributed by atoms with Gasteiger partial charge in [0.1, 0.15) is 0 Å². The maximum absolute atomic E-state index is 5.66. The van der Waals surface area contributed by atoms with Gasteiger partial charge in [-0.25, -0.2) is 9.97 Å². The van der Waals surface area contributed by atoms with Gasteiger partial charge in [-0.15, -0.1) is 11.6 Å². The first-order valence-corrected chi connectivity index (χ1v) is 6.01. The standard InChI is InChI=1S/C10H15Cl2N3/c11-5-3-1-2-4-6-13-10-14-7-9(12)8-15-10/h7-8H,1-6H2,(H,13,14,15). The van der Waals surface area contributed by atoms with E-state index in [2.05, 4.69) is 15.3 Å². The van der Waals surface area contributed by atoms with Crippen LogP contribution in [0.3, 0.4) is 0 Å². The minimum atomic E-state index is 0.558. The van der Waals surface area contributed by atoms with E-state index in [0.29, 0.717) is 11.0 Å². The third-order valence-electron chi connectivity index (χ3n) is 1.96. The monoisotopic (exact) mass is 247 g/mol. The lowest BCUT2D eigenvalue weighted by Gasteiger charge is -2.03. The van der Waals surface area contributed by atoms with Crippen molar-refractivity contribution in [1.29, 1.82) is 0 Å². The van der Waals surface area contributed by atoms with Gasteiger partial charge in [-0.05, 0) is 12.8 Å². The van der Waals surface area contributed by atoms with Crippen molar-refractivity contribution < 1.29 is 0 Å². The molecule has 0 aliphatic rings. The van der Waals surface area contributed by atoms with Crippen LogP contribution in [0.5, 0.6) is 0 Å². The molecule has 1 aromatic heterocycles. The van der Waals surface area contributed by atoms with Gasteiger partial charge >= 0.3 is 0 Å². The molecular formula is C10H15Cl2N3. The summed E-state index contributed by atoms with van der Waals surface area (Å²) < 4.78 is 0. The van der Waals surface area contributed by atoms with Crippen molar-refractivity contribution in [3.05, 3.63) is 17.4 Å². The van der Waals surface area contributed by atoms with Gasteiger partial charge in [0.25, 0.3) is 0 Å². The highest BCUT2D eigenvalue weighted by Crippen LogP contribution is 2.06. The van der Waals surface area contributed by atoms with E-state index in [-0.39, 0.29) is 0 Å². The SMILES string of the molecule is ClCCCCCCNc1ncc(Cl)cn1. The zero-order chi connectivity index (χ0) is 10.9. The fourth-order valence-corrected chi connectivity index (χ4v) is 1.46. The van der Waals surface area contributed by atoms with E-state index in [9.17, 15) is 0 Å². The van der Waals surface area contributed by atoms with Crippen LogP contribution in [0.25, 0.3) is 0 Å². The van der Waals surface area contributed by atoms with Crippen molar-refractivity contribution in [3.63, 3.8) is 0 Å². The maximum Gasteiger partial charge on any atom is 0.222 e. The van der Waals surface area contributed by atoms with Crippen molar-refractivity contribution in [2.45, 2.75) is 25.7 Å². The van der Waals surface area contributed by atoms with E-state index < -0.39 is 0 Å². The highest BCUT2D eigenvalue weighted by atomic mass is 35.5. The summed E-state index contributed by atoms with van der Waals surface area (Å²) >= 11 is 11.2. The number of hydrogen-bond donors (Lipinski definition) is 1. The van der Waals surface area contributed by atoms with Crippen molar-refractivity contribution in [1.82, 2.24) is 9.97 Å². The fourth-order valence-electron chi connectivity index (χ4n) is 1.18. The Balaban J connectivity index is 2.07. The van der Waals surface area contributed by atoms with Crippen LogP contribution in [0.4, 0.5) is 5.95 Å². The smallest absolute Gasteiger partial charge is 0.222 e. The van der Waals surface area contributed by atoms with Crippen LogP contribution in [0.2, 0.25) is 5.02 Å². The molecule has 1 aromatic rings. The summed E-state index contributed by atoms with van der Waals surface area (Å²) in [6.45, 7) is 0.893. The average molecular weight is 248 g/mol. The second-order valence-corrected chi connectivity index (χ2v) is 4.07. The summed E-state index contributed by atoms with van der Waals surface area (Å²) in [5, 5.41) is 3.69. The predicted molar refractivity (Wildman–Crippen MR) is 64.7 cm³/mol. The van der Waals surface area contributed by atoms with Crippen LogP contribution in [-0.4, -0.2) is 22.4 Å². The molecule has 84 valence electrons. The van der Waals surface area contributed by atoms with E-state index in [1.54, 1.807) is 12.4 Å². The third-order valence-corrected chi connectivity index (χ3v) is 2.43. The zero-order valence-electron chi connectivity index (χ0n) is 8.55. The number of nitrogens with one attached hydrogen (secondary N) is 1. The molecule has 15 heavy (non-hydrogen) atoms. The summed E-state index contributed by atoms with van der Waals surface area (Å²) in [7, 11) is 0. The molecule has 0 radical (unpaired) electrons. The summed E-state index contributed by atoms with van der Waals surface area (Å²) in [5.74, 6) is 1.39. The Hall–Kier alpha value is -0.540. The van der Waals surface area contributed by atoms with Gasteiger partial charge in [0.15, 0.2) is 0 Å². The van der Waals surface area contributed by atoms with Crippen LogP contribution in [0.15, 0.2) is 12.4 Å². The molecule has 0 aliphatic heterocycles. The summed E-state index contributed by atoms with van der Waals surface area (Å²) in [6, 6.07) is 0. The quantitative estimate of drug-likeness (QED) is 0.594. The number of aromatic nitrogens is 2. The van der Waals surface area contributed by atoms with Crippen molar-refractivity contribution >= 4 is 29.2 Å². The van der Waals surface area contributed by atoms with Crippen LogP contribution in [-0.2, 0) is 0 Å². The first kappa shape index (κ1) is 12.5. The normalized spacial score (nSPS) is 10.3. The lowest BCUT2D eigenvalue weighted by Crippen LogP contribution is -2.04. The van der Waals surface area contributed by atoms with Gasteiger partial charge < -0.3 is 5.32 Å². The molecule has 0 fully saturated rings. The molecular weight excluding hydrogens is 233 g/mol. The summed E-state index contributed by atoms with van der Waals surface area (Å²) in [4.78, 5) is 8.07. The van der Waals surface area contributed by atoms with Crippen LogP contribution >= 0.6 is 23.2 Å². The maximum atomic E-state index is 5.66. The molecule has 1 N–H and O–H groups in total. The number of hydrogen-bond acceptors (Lipinski definition) is 3. The summed E-state index contributed by atoms with van der Waals surface area (Å²) in [5.41, 5.74) is 0. The summed E-state index contributed by atoms with van der Waals surface area (Å²) in [6.07, 6.45) is 7.76. The Kier molecular flexibility index (Phi) is 6.44. The molecule has 5 heteroatoms. The van der Waals surface area contributed by atoms with E-state index in [1.165, 1.54) is 12.8 Å². The second-order valence-electron chi connectivity index (χ2n) is 3.25. The lowest BCUT2D eigenvalue weighted by atomic mass is 10.2. The molecule has 0 amide bonds. The van der Waals surface area contributed by atoms with Gasteiger partial charge in [0.2, 0.25) is 5.95 Å². The Bertz CT molecular complexity index is 264. The molecule has 0 atom stereocenters. The van der Waals surface area contributed by atoms with Gasteiger partial charge in [0, 0.05) is 12.4 Å². The Morgan fingerprint density at radius 2 is 1.73 bits per heavy atom. The number of alkyl halides is 1. The molecule has 1 rings (SSSR count). The lowest BCUT2D eigenvalue weighted by molar-refractivity contribution is 0.686. The minimum Gasteiger partial charge on any atom is -0.354 e. The molecule has 0 unspecified atom stereocenters. The van der Waals surface area contributed by atoms with Gasteiger partial charge in [-0.1, -0.05) is 24.4 Å². The molecule has 0 saturated heterocycles. The van der Waals surface area contributed by atoms with E-state index in [4.69, 9.17) is 23.2 Å².